The molecule has 6 nitrogen and oxygen atoms in total. The summed E-state index contributed by atoms with van der Waals surface area (Å²) < 4.78 is 5.14. The van der Waals surface area contributed by atoms with E-state index in [1.165, 1.54) is 0 Å². The van der Waals surface area contributed by atoms with E-state index in [1.807, 2.05) is 18.2 Å². The highest BCUT2D eigenvalue weighted by atomic mass is 16.5. The number of methoxy groups -OCH3 is 1. The monoisotopic (exact) mass is 350 g/mol. The van der Waals surface area contributed by atoms with E-state index in [0.717, 1.165) is 10.9 Å². The number of fused-ring (bicyclic) bond motifs is 1. The number of aromatic nitrogens is 1. The lowest BCUT2D eigenvalue weighted by molar-refractivity contribution is -0.139. The Bertz CT molecular complexity index is 955. The molecule has 0 bridgehead atoms. The van der Waals surface area contributed by atoms with Gasteiger partial charge in [-0.25, -0.2) is 9.78 Å². The number of rotatable bonds is 6. The van der Waals surface area contributed by atoms with E-state index in [1.54, 1.807) is 49.6 Å². The number of hydrogen-bond donors (Lipinski definition) is 2. The number of carboxylic acid groups (broad SMARTS) is 1. The summed E-state index contributed by atoms with van der Waals surface area (Å²) in [6, 6.07) is 16.8. The Balaban J connectivity index is 1.77. The lowest BCUT2D eigenvalue weighted by atomic mass is 10.1. The highest BCUT2D eigenvalue weighted by Gasteiger charge is 2.22. The second-order valence-corrected chi connectivity index (χ2v) is 5.81. The Kier molecular flexibility index (Phi) is 5.12. The van der Waals surface area contributed by atoms with E-state index >= 15 is 0 Å². The summed E-state index contributed by atoms with van der Waals surface area (Å²) >= 11 is 0. The standard InChI is InChI=1S/C20H18N2O4/c1-26-15-7-4-5-13(11-15)12-18(20(24)25)22-19(23)17-10-9-14-6-2-3-8-16(14)21-17/h2-11,18H,12H2,1H3,(H,22,23)(H,24,25)/t18-/m1/s1. The van der Waals surface area contributed by atoms with Crippen LogP contribution in [-0.4, -0.2) is 35.1 Å². The summed E-state index contributed by atoms with van der Waals surface area (Å²) in [5, 5.41) is 12.9. The first-order valence-electron chi connectivity index (χ1n) is 8.09. The molecule has 1 heterocycles. The third-order valence-electron chi connectivity index (χ3n) is 4.01. The first kappa shape index (κ1) is 17.4. The van der Waals surface area contributed by atoms with Crippen LogP contribution in [0.4, 0.5) is 0 Å². The van der Waals surface area contributed by atoms with Gasteiger partial charge in [-0.05, 0) is 29.8 Å². The highest BCUT2D eigenvalue weighted by Crippen LogP contribution is 2.15. The third-order valence-corrected chi connectivity index (χ3v) is 4.01. The zero-order valence-corrected chi connectivity index (χ0v) is 14.2. The molecule has 0 saturated heterocycles. The number of para-hydroxylation sites is 1. The molecule has 0 spiro atoms. The van der Waals surface area contributed by atoms with E-state index in [4.69, 9.17) is 4.74 Å². The van der Waals surface area contributed by atoms with Gasteiger partial charge in [0.2, 0.25) is 0 Å². The van der Waals surface area contributed by atoms with Crippen molar-refractivity contribution in [3.63, 3.8) is 0 Å². The van der Waals surface area contributed by atoms with Crippen molar-refractivity contribution in [2.75, 3.05) is 7.11 Å². The largest absolute Gasteiger partial charge is 0.497 e. The molecule has 0 aliphatic heterocycles. The lowest BCUT2D eigenvalue weighted by Crippen LogP contribution is -2.42. The van der Waals surface area contributed by atoms with Gasteiger partial charge in [0.1, 0.15) is 17.5 Å². The van der Waals surface area contributed by atoms with Gasteiger partial charge in [-0.15, -0.1) is 0 Å². The summed E-state index contributed by atoms with van der Waals surface area (Å²) in [4.78, 5) is 28.3. The Morgan fingerprint density at radius 3 is 2.69 bits per heavy atom. The first-order chi connectivity index (χ1) is 12.6. The number of aliphatic carboxylic acids is 1. The normalized spacial score (nSPS) is 11.7. The minimum absolute atomic E-state index is 0.145. The van der Waals surface area contributed by atoms with Crippen LogP contribution in [0.3, 0.4) is 0 Å². The van der Waals surface area contributed by atoms with Crippen LogP contribution in [0.5, 0.6) is 5.75 Å². The van der Waals surface area contributed by atoms with Crippen molar-refractivity contribution in [2.45, 2.75) is 12.5 Å². The van der Waals surface area contributed by atoms with Crippen molar-refractivity contribution in [3.05, 3.63) is 71.9 Å². The zero-order chi connectivity index (χ0) is 18.5. The van der Waals surface area contributed by atoms with Crippen LogP contribution in [0, 0.1) is 0 Å². The summed E-state index contributed by atoms with van der Waals surface area (Å²) in [6.45, 7) is 0. The van der Waals surface area contributed by atoms with E-state index in [2.05, 4.69) is 10.3 Å². The first-order valence-corrected chi connectivity index (χ1v) is 8.09. The van der Waals surface area contributed by atoms with Gasteiger partial charge in [0.25, 0.3) is 5.91 Å². The summed E-state index contributed by atoms with van der Waals surface area (Å²) in [7, 11) is 1.54. The number of hydrogen-bond acceptors (Lipinski definition) is 4. The van der Waals surface area contributed by atoms with E-state index in [0.29, 0.717) is 11.3 Å². The summed E-state index contributed by atoms with van der Waals surface area (Å²) in [5.74, 6) is -0.998. The predicted octanol–water partition coefficient (Wildman–Crippen LogP) is 2.67. The van der Waals surface area contributed by atoms with E-state index < -0.39 is 17.9 Å². The Labute approximate surface area is 150 Å². The molecule has 1 amide bonds. The molecule has 132 valence electrons. The van der Waals surface area contributed by atoms with Gasteiger partial charge in [0.15, 0.2) is 0 Å². The van der Waals surface area contributed by atoms with Crippen LogP contribution in [0.15, 0.2) is 60.7 Å². The molecule has 1 atom stereocenters. The number of ether oxygens (including phenoxy) is 1. The molecule has 6 heteroatoms. The predicted molar refractivity (Wildman–Crippen MR) is 97.3 cm³/mol. The van der Waals surface area contributed by atoms with Crippen molar-refractivity contribution in [1.29, 1.82) is 0 Å². The van der Waals surface area contributed by atoms with Crippen LogP contribution in [-0.2, 0) is 11.2 Å². The number of benzene rings is 2. The molecule has 1 aromatic heterocycles. The maximum absolute atomic E-state index is 12.5. The maximum Gasteiger partial charge on any atom is 0.326 e. The summed E-state index contributed by atoms with van der Waals surface area (Å²) in [5.41, 5.74) is 1.61. The van der Waals surface area contributed by atoms with Crippen LogP contribution in [0.2, 0.25) is 0 Å². The van der Waals surface area contributed by atoms with Crippen LogP contribution in [0.25, 0.3) is 10.9 Å². The molecule has 0 radical (unpaired) electrons. The molecular formula is C20H18N2O4. The fourth-order valence-corrected chi connectivity index (χ4v) is 2.66. The second-order valence-electron chi connectivity index (χ2n) is 5.81. The number of nitrogens with zero attached hydrogens (tertiary/aromatic N) is 1. The summed E-state index contributed by atoms with van der Waals surface area (Å²) in [6.07, 6.45) is 0.145. The van der Waals surface area contributed by atoms with E-state index in [9.17, 15) is 14.7 Å². The fraction of sp³-hybridized carbons (Fsp3) is 0.150. The van der Waals surface area contributed by atoms with Gasteiger partial charge in [-0.2, -0.15) is 0 Å². The Morgan fingerprint density at radius 2 is 1.92 bits per heavy atom. The molecule has 0 fully saturated rings. The molecule has 0 aliphatic rings. The van der Waals surface area contributed by atoms with Crippen molar-refractivity contribution in [2.24, 2.45) is 0 Å². The lowest BCUT2D eigenvalue weighted by Gasteiger charge is -2.15. The second kappa shape index (κ2) is 7.65. The number of carbonyl (C=O) groups is 2. The SMILES string of the molecule is COc1cccc(C[C@@H](NC(=O)c2ccc3ccccc3n2)C(=O)O)c1. The quantitative estimate of drug-likeness (QED) is 0.713. The zero-order valence-electron chi connectivity index (χ0n) is 14.2. The number of pyridine rings is 1. The topological polar surface area (TPSA) is 88.5 Å². The average Bonchev–Trinajstić information content (AvgIpc) is 2.67. The molecular weight excluding hydrogens is 332 g/mol. The number of nitrogens with one attached hydrogen (secondary N) is 1. The molecule has 0 unspecified atom stereocenters. The maximum atomic E-state index is 12.5. The van der Waals surface area contributed by atoms with Crippen molar-refractivity contribution < 1.29 is 19.4 Å². The highest BCUT2D eigenvalue weighted by molar-refractivity contribution is 5.97. The number of carbonyl (C=O) groups excluding carboxylic acids is 1. The molecule has 26 heavy (non-hydrogen) atoms. The van der Waals surface area contributed by atoms with Crippen molar-refractivity contribution in [3.8, 4) is 5.75 Å². The van der Waals surface area contributed by atoms with Crippen LogP contribution in [0.1, 0.15) is 16.1 Å². The van der Waals surface area contributed by atoms with E-state index in [-0.39, 0.29) is 12.1 Å². The number of amides is 1. The third kappa shape index (κ3) is 3.97. The van der Waals surface area contributed by atoms with Gasteiger partial charge < -0.3 is 15.2 Å². The van der Waals surface area contributed by atoms with Crippen molar-refractivity contribution in [1.82, 2.24) is 10.3 Å². The smallest absolute Gasteiger partial charge is 0.326 e. The van der Waals surface area contributed by atoms with Gasteiger partial charge in [-0.1, -0.05) is 36.4 Å². The van der Waals surface area contributed by atoms with Crippen molar-refractivity contribution >= 4 is 22.8 Å². The molecule has 0 aliphatic carbocycles. The molecule has 0 saturated carbocycles. The minimum atomic E-state index is -1.11. The average molecular weight is 350 g/mol. The van der Waals surface area contributed by atoms with Crippen LogP contribution >= 0.6 is 0 Å². The fourth-order valence-electron chi connectivity index (χ4n) is 2.66. The van der Waals surface area contributed by atoms with Gasteiger partial charge in [0, 0.05) is 11.8 Å². The molecule has 3 aromatic rings. The van der Waals surface area contributed by atoms with Gasteiger partial charge in [0.05, 0.1) is 12.6 Å². The molecule has 2 aromatic carbocycles. The molecule has 3 rings (SSSR count). The van der Waals surface area contributed by atoms with Gasteiger partial charge >= 0.3 is 5.97 Å². The minimum Gasteiger partial charge on any atom is -0.497 e. The van der Waals surface area contributed by atoms with Gasteiger partial charge in [-0.3, -0.25) is 4.79 Å². The Hall–Kier alpha value is -3.41. The Morgan fingerprint density at radius 1 is 1.12 bits per heavy atom. The molecule has 2 N–H and O–H groups in total. The van der Waals surface area contributed by atoms with Crippen LogP contribution < -0.4 is 10.1 Å². The number of carboxylic acids is 1.